The molecule has 0 fully saturated rings. The van der Waals surface area contributed by atoms with Gasteiger partial charge in [-0.1, -0.05) is 41.9 Å². The lowest BCUT2D eigenvalue weighted by Gasteiger charge is -2.13. The van der Waals surface area contributed by atoms with Crippen molar-refractivity contribution >= 4 is 39.3 Å². The predicted octanol–water partition coefficient (Wildman–Crippen LogP) is 4.99. The summed E-state index contributed by atoms with van der Waals surface area (Å²) < 4.78 is 7.94. The molecule has 0 saturated carbocycles. The zero-order valence-corrected chi connectivity index (χ0v) is 15.7. The van der Waals surface area contributed by atoms with Gasteiger partial charge < -0.3 is 15.0 Å². The maximum Gasteiger partial charge on any atom is 0.249 e. The van der Waals surface area contributed by atoms with E-state index in [1.807, 2.05) is 61.5 Å². The minimum absolute atomic E-state index is 0.440. The molecule has 0 bridgehead atoms. The van der Waals surface area contributed by atoms with Crippen molar-refractivity contribution in [3.8, 4) is 5.75 Å². The van der Waals surface area contributed by atoms with Gasteiger partial charge in [0.15, 0.2) is 0 Å². The standard InChI is InChI=1S/C22H19ClN2O2/c1-2-27-20-9-4-3-6-14(20)13-25-18-8-5-7-17(22(24)26)21(18)16-11-10-15(23)12-19(16)25/h3-12H,2,13H2,1H3,(H2,24,26). The fourth-order valence-electron chi connectivity index (χ4n) is 3.59. The molecule has 4 nitrogen and oxygen atoms in total. The quantitative estimate of drug-likeness (QED) is 0.531. The molecule has 1 heterocycles. The van der Waals surface area contributed by atoms with Gasteiger partial charge in [0.25, 0.3) is 0 Å². The molecule has 1 amide bonds. The molecule has 0 saturated heterocycles. The fourth-order valence-corrected chi connectivity index (χ4v) is 3.76. The Bertz CT molecular complexity index is 1160. The zero-order valence-electron chi connectivity index (χ0n) is 14.9. The smallest absolute Gasteiger partial charge is 0.249 e. The molecule has 0 aliphatic carbocycles. The maximum absolute atomic E-state index is 12.0. The number of hydrogen-bond donors (Lipinski definition) is 1. The average Bonchev–Trinajstić information content (AvgIpc) is 2.96. The normalized spacial score (nSPS) is 11.2. The van der Waals surface area contributed by atoms with E-state index in [2.05, 4.69) is 4.57 Å². The maximum atomic E-state index is 12.0. The number of ether oxygens (including phenoxy) is 1. The van der Waals surface area contributed by atoms with Crippen LogP contribution in [0.25, 0.3) is 21.8 Å². The number of carbonyl (C=O) groups is 1. The van der Waals surface area contributed by atoms with Crippen LogP contribution in [0, 0.1) is 0 Å². The molecule has 0 aliphatic heterocycles. The first-order chi connectivity index (χ1) is 13.1. The summed E-state index contributed by atoms with van der Waals surface area (Å²) in [4.78, 5) is 12.0. The van der Waals surface area contributed by atoms with Gasteiger partial charge in [0, 0.05) is 26.9 Å². The molecule has 5 heteroatoms. The van der Waals surface area contributed by atoms with Gasteiger partial charge in [0.05, 0.1) is 24.2 Å². The highest BCUT2D eigenvalue weighted by atomic mass is 35.5. The summed E-state index contributed by atoms with van der Waals surface area (Å²) in [7, 11) is 0. The third-order valence-electron chi connectivity index (χ3n) is 4.72. The third-order valence-corrected chi connectivity index (χ3v) is 4.95. The van der Waals surface area contributed by atoms with Gasteiger partial charge >= 0.3 is 0 Å². The predicted molar refractivity (Wildman–Crippen MR) is 110 cm³/mol. The zero-order chi connectivity index (χ0) is 19.0. The van der Waals surface area contributed by atoms with E-state index in [-0.39, 0.29) is 0 Å². The lowest BCUT2D eigenvalue weighted by atomic mass is 10.1. The van der Waals surface area contributed by atoms with Crippen LogP contribution >= 0.6 is 11.6 Å². The van der Waals surface area contributed by atoms with E-state index >= 15 is 0 Å². The largest absolute Gasteiger partial charge is 0.494 e. The Kier molecular flexibility index (Phi) is 4.50. The molecule has 4 aromatic rings. The highest BCUT2D eigenvalue weighted by molar-refractivity contribution is 6.32. The molecule has 4 rings (SSSR count). The summed E-state index contributed by atoms with van der Waals surface area (Å²) in [5.74, 6) is 0.410. The van der Waals surface area contributed by atoms with Crippen molar-refractivity contribution in [1.29, 1.82) is 0 Å². The van der Waals surface area contributed by atoms with Gasteiger partial charge in [-0.2, -0.15) is 0 Å². The molecule has 3 aromatic carbocycles. The minimum Gasteiger partial charge on any atom is -0.494 e. The van der Waals surface area contributed by atoms with E-state index in [1.54, 1.807) is 6.07 Å². The molecule has 1 aromatic heterocycles. The van der Waals surface area contributed by atoms with Crippen LogP contribution in [0.2, 0.25) is 5.02 Å². The summed E-state index contributed by atoms with van der Waals surface area (Å²) >= 11 is 6.27. The van der Waals surface area contributed by atoms with E-state index in [1.165, 1.54) is 0 Å². The number of carbonyl (C=O) groups excluding carboxylic acids is 1. The Hall–Kier alpha value is -2.98. The Morgan fingerprint density at radius 2 is 1.89 bits per heavy atom. The first-order valence-corrected chi connectivity index (χ1v) is 9.19. The van der Waals surface area contributed by atoms with E-state index in [0.29, 0.717) is 23.7 Å². The van der Waals surface area contributed by atoms with Crippen LogP contribution in [0.5, 0.6) is 5.75 Å². The molecule has 0 atom stereocenters. The summed E-state index contributed by atoms with van der Waals surface area (Å²) in [6.07, 6.45) is 0. The van der Waals surface area contributed by atoms with Gasteiger partial charge in [-0.15, -0.1) is 0 Å². The van der Waals surface area contributed by atoms with Gasteiger partial charge in [-0.05, 0) is 37.3 Å². The lowest BCUT2D eigenvalue weighted by Crippen LogP contribution is -2.11. The van der Waals surface area contributed by atoms with Gasteiger partial charge in [0.2, 0.25) is 5.91 Å². The number of aromatic nitrogens is 1. The molecule has 0 aliphatic rings. The second kappa shape index (κ2) is 6.97. The molecule has 0 unspecified atom stereocenters. The van der Waals surface area contributed by atoms with Gasteiger partial charge in [-0.25, -0.2) is 0 Å². The summed E-state index contributed by atoms with van der Waals surface area (Å²) in [5.41, 5.74) is 9.10. The second-order valence-electron chi connectivity index (χ2n) is 6.35. The Morgan fingerprint density at radius 1 is 1.07 bits per heavy atom. The molecule has 0 radical (unpaired) electrons. The molecule has 136 valence electrons. The van der Waals surface area contributed by atoms with Crippen molar-refractivity contribution in [2.24, 2.45) is 5.73 Å². The number of benzene rings is 3. The number of nitrogens with zero attached hydrogens (tertiary/aromatic N) is 1. The van der Waals surface area contributed by atoms with Gasteiger partial charge in [0.1, 0.15) is 5.75 Å². The number of rotatable bonds is 5. The van der Waals surface area contributed by atoms with E-state index in [4.69, 9.17) is 22.1 Å². The number of nitrogens with two attached hydrogens (primary N) is 1. The molecule has 27 heavy (non-hydrogen) atoms. The number of halogens is 1. The molecule has 2 N–H and O–H groups in total. The first-order valence-electron chi connectivity index (χ1n) is 8.81. The van der Waals surface area contributed by atoms with Crippen LogP contribution in [0.15, 0.2) is 60.7 Å². The highest BCUT2D eigenvalue weighted by Gasteiger charge is 2.17. The van der Waals surface area contributed by atoms with Crippen molar-refractivity contribution < 1.29 is 9.53 Å². The summed E-state index contributed by atoms with van der Waals surface area (Å²) in [6.45, 7) is 3.16. The van der Waals surface area contributed by atoms with Crippen LogP contribution in [0.3, 0.4) is 0 Å². The number of hydrogen-bond acceptors (Lipinski definition) is 2. The van der Waals surface area contributed by atoms with Crippen LogP contribution in [-0.2, 0) is 6.54 Å². The van der Waals surface area contributed by atoms with Crippen LogP contribution in [0.4, 0.5) is 0 Å². The van der Waals surface area contributed by atoms with Crippen LogP contribution < -0.4 is 10.5 Å². The van der Waals surface area contributed by atoms with Crippen LogP contribution in [0.1, 0.15) is 22.8 Å². The second-order valence-corrected chi connectivity index (χ2v) is 6.79. The Morgan fingerprint density at radius 3 is 2.67 bits per heavy atom. The Balaban J connectivity index is 2.01. The number of fused-ring (bicyclic) bond motifs is 3. The highest BCUT2D eigenvalue weighted by Crippen LogP contribution is 2.34. The molecular weight excluding hydrogens is 360 g/mol. The van der Waals surface area contributed by atoms with Gasteiger partial charge in [-0.3, -0.25) is 4.79 Å². The van der Waals surface area contributed by atoms with E-state index in [9.17, 15) is 4.79 Å². The van der Waals surface area contributed by atoms with Crippen molar-refractivity contribution in [2.75, 3.05) is 6.61 Å². The monoisotopic (exact) mass is 378 g/mol. The fraction of sp³-hybridized carbons (Fsp3) is 0.136. The van der Waals surface area contributed by atoms with Crippen molar-refractivity contribution in [2.45, 2.75) is 13.5 Å². The number of amides is 1. The lowest BCUT2D eigenvalue weighted by molar-refractivity contribution is 0.100. The van der Waals surface area contributed by atoms with Crippen molar-refractivity contribution in [1.82, 2.24) is 4.57 Å². The number of primary amides is 1. The summed E-state index contributed by atoms with van der Waals surface area (Å²) in [6, 6.07) is 19.3. The van der Waals surface area contributed by atoms with Crippen molar-refractivity contribution in [3.63, 3.8) is 0 Å². The summed E-state index contributed by atoms with van der Waals surface area (Å²) in [5, 5.41) is 2.45. The SMILES string of the molecule is CCOc1ccccc1Cn1c2cc(Cl)ccc2c2c(C(N)=O)cccc21. The Labute approximate surface area is 162 Å². The van der Waals surface area contributed by atoms with Crippen molar-refractivity contribution in [3.05, 3.63) is 76.8 Å². The number of para-hydroxylation sites is 1. The molecule has 0 spiro atoms. The molecular formula is C22H19ClN2O2. The van der Waals surface area contributed by atoms with E-state index in [0.717, 1.165) is 33.1 Å². The van der Waals surface area contributed by atoms with Crippen LogP contribution in [-0.4, -0.2) is 17.1 Å². The van der Waals surface area contributed by atoms with E-state index < -0.39 is 5.91 Å². The topological polar surface area (TPSA) is 57.2 Å². The minimum atomic E-state index is -0.440. The third kappa shape index (κ3) is 3.02. The first kappa shape index (κ1) is 17.4. The average molecular weight is 379 g/mol.